The second-order valence-electron chi connectivity index (χ2n) is 12.9. The van der Waals surface area contributed by atoms with Crippen LogP contribution in [0.15, 0.2) is 41.3 Å². The van der Waals surface area contributed by atoms with E-state index in [9.17, 15) is 9.59 Å². The second-order valence-corrected chi connectivity index (χ2v) is 14.3. The smallest absolute Gasteiger partial charge is 0.245 e. The zero-order valence-corrected chi connectivity index (χ0v) is 26.8. The molecule has 4 aliphatic rings. The van der Waals surface area contributed by atoms with Crippen LogP contribution in [0.1, 0.15) is 97.0 Å². The molecule has 228 valence electrons. The van der Waals surface area contributed by atoms with Crippen LogP contribution in [0.4, 0.5) is 0 Å². The van der Waals surface area contributed by atoms with E-state index < -0.39 is 6.04 Å². The average molecular weight is 583 g/mol. The van der Waals surface area contributed by atoms with E-state index in [-0.39, 0.29) is 35.2 Å². The van der Waals surface area contributed by atoms with Crippen LogP contribution in [-0.2, 0) is 9.59 Å². The fraction of sp³-hybridized carbons (Fsp3) is 0.706. The van der Waals surface area contributed by atoms with Crippen molar-refractivity contribution < 1.29 is 9.59 Å². The highest BCUT2D eigenvalue weighted by molar-refractivity contribution is 8.03. The molecule has 2 saturated carbocycles. The van der Waals surface area contributed by atoms with Gasteiger partial charge in [-0.3, -0.25) is 9.59 Å². The zero-order valence-electron chi connectivity index (χ0n) is 26.0. The number of allylic oxidation sites excluding steroid dienone is 1. The lowest BCUT2D eigenvalue weighted by molar-refractivity contribution is -0.139. The predicted octanol–water partition coefficient (Wildman–Crippen LogP) is 6.05. The third kappa shape index (κ3) is 8.61. The Hall–Kier alpha value is -1.83. The summed E-state index contributed by atoms with van der Waals surface area (Å²) in [5.41, 5.74) is 1.33. The number of amides is 2. The van der Waals surface area contributed by atoms with E-state index >= 15 is 0 Å². The molecule has 2 aliphatic carbocycles. The van der Waals surface area contributed by atoms with Gasteiger partial charge in [0.1, 0.15) is 6.04 Å². The van der Waals surface area contributed by atoms with Gasteiger partial charge in [-0.05, 0) is 74.8 Å². The minimum Gasteiger partial charge on any atom is -0.343 e. The lowest BCUT2D eigenvalue weighted by Crippen LogP contribution is -2.57. The number of hydrogen-bond acceptors (Lipinski definition) is 5. The standard InChI is InChI=1S/C28H42N4O2S.C6H12/c1-19-17-24(21-11-6-4-7-12-21)27(35-19)30-18-23-15-10-16-32(23)28(34)25(22-13-8-5-9-14-22)31-26(33)20(2)29-3;1-5-3-4-6(5)2/h4,6-7,11-12,17,20,22-25,27,29-30H,5,8-10,13-16,18H2,1-3H3,(H,31,33);5-6H,3-4H2,1-2H3/t20-,23-,24?,25?,27?;/m0./s1. The van der Waals surface area contributed by atoms with Gasteiger partial charge in [0.25, 0.3) is 0 Å². The first-order valence-electron chi connectivity index (χ1n) is 16.2. The van der Waals surface area contributed by atoms with Crippen molar-refractivity contribution in [3.05, 3.63) is 46.9 Å². The Kier molecular flexibility index (Phi) is 12.2. The summed E-state index contributed by atoms with van der Waals surface area (Å²) in [5.74, 6) is 2.67. The van der Waals surface area contributed by atoms with Crippen molar-refractivity contribution in [2.75, 3.05) is 20.1 Å². The van der Waals surface area contributed by atoms with Crippen molar-refractivity contribution in [2.24, 2.45) is 17.8 Å². The van der Waals surface area contributed by atoms with Gasteiger partial charge in [0, 0.05) is 25.0 Å². The minimum atomic E-state index is -0.416. The molecule has 7 atom stereocenters. The maximum absolute atomic E-state index is 13.9. The quantitative estimate of drug-likeness (QED) is 0.331. The van der Waals surface area contributed by atoms with E-state index in [0.29, 0.717) is 5.92 Å². The van der Waals surface area contributed by atoms with Gasteiger partial charge in [-0.25, -0.2) is 0 Å². The van der Waals surface area contributed by atoms with Gasteiger partial charge >= 0.3 is 0 Å². The first-order chi connectivity index (χ1) is 19.8. The number of likely N-dealkylation sites (N-methyl/N-ethyl adjacent to an activating group) is 1. The van der Waals surface area contributed by atoms with E-state index in [4.69, 9.17) is 0 Å². The molecule has 3 N–H and O–H groups in total. The molecule has 0 bridgehead atoms. The third-order valence-corrected chi connectivity index (χ3v) is 11.2. The number of thioether (sulfide) groups is 1. The van der Waals surface area contributed by atoms with Gasteiger partial charge in [-0.15, -0.1) is 11.8 Å². The molecule has 41 heavy (non-hydrogen) atoms. The second kappa shape index (κ2) is 15.6. The molecule has 1 aromatic rings. The Morgan fingerprint density at radius 2 is 1.66 bits per heavy atom. The monoisotopic (exact) mass is 582 g/mol. The Morgan fingerprint density at radius 1 is 0.976 bits per heavy atom. The van der Waals surface area contributed by atoms with Crippen molar-refractivity contribution in [3.8, 4) is 0 Å². The molecular formula is C34H54N4O2S. The molecule has 0 spiro atoms. The van der Waals surface area contributed by atoms with E-state index in [1.54, 1.807) is 7.05 Å². The van der Waals surface area contributed by atoms with Gasteiger partial charge in [-0.2, -0.15) is 0 Å². The van der Waals surface area contributed by atoms with Crippen LogP contribution in [0.5, 0.6) is 0 Å². The largest absolute Gasteiger partial charge is 0.343 e. The molecule has 5 unspecified atom stereocenters. The highest BCUT2D eigenvalue weighted by Crippen LogP contribution is 2.40. The summed E-state index contributed by atoms with van der Waals surface area (Å²) in [7, 11) is 1.78. The molecular weight excluding hydrogens is 528 g/mol. The van der Waals surface area contributed by atoms with Crippen LogP contribution < -0.4 is 16.0 Å². The van der Waals surface area contributed by atoms with Gasteiger partial charge < -0.3 is 20.9 Å². The molecule has 0 radical (unpaired) electrons. The van der Waals surface area contributed by atoms with Crippen LogP contribution in [0.25, 0.3) is 0 Å². The van der Waals surface area contributed by atoms with Gasteiger partial charge in [0.2, 0.25) is 11.8 Å². The van der Waals surface area contributed by atoms with E-state index in [0.717, 1.165) is 63.5 Å². The molecule has 3 fully saturated rings. The predicted molar refractivity (Wildman–Crippen MR) is 172 cm³/mol. The summed E-state index contributed by atoms with van der Waals surface area (Å²) in [6.45, 7) is 10.2. The summed E-state index contributed by atoms with van der Waals surface area (Å²) in [6, 6.07) is 10.1. The van der Waals surface area contributed by atoms with Crippen LogP contribution in [0.3, 0.4) is 0 Å². The topological polar surface area (TPSA) is 73.5 Å². The number of rotatable bonds is 9. The Labute approximate surface area is 253 Å². The van der Waals surface area contributed by atoms with Crippen molar-refractivity contribution >= 4 is 23.6 Å². The molecule has 6 nitrogen and oxygen atoms in total. The summed E-state index contributed by atoms with van der Waals surface area (Å²) >= 11 is 1.89. The number of likely N-dealkylation sites (tertiary alicyclic amines) is 1. The van der Waals surface area contributed by atoms with Crippen LogP contribution >= 0.6 is 11.8 Å². The van der Waals surface area contributed by atoms with E-state index in [1.807, 2.05) is 18.7 Å². The van der Waals surface area contributed by atoms with Crippen molar-refractivity contribution in [3.63, 3.8) is 0 Å². The number of carbonyl (C=O) groups is 2. The fourth-order valence-corrected chi connectivity index (χ4v) is 7.82. The van der Waals surface area contributed by atoms with Crippen LogP contribution in [-0.4, -0.2) is 60.4 Å². The Bertz CT molecular complexity index is 1000. The first kappa shape index (κ1) is 32.1. The number of nitrogens with zero attached hydrogens (tertiary/aromatic N) is 1. The zero-order chi connectivity index (χ0) is 29.4. The summed E-state index contributed by atoms with van der Waals surface area (Å²) in [5, 5.41) is 10.2. The van der Waals surface area contributed by atoms with Crippen molar-refractivity contribution in [1.29, 1.82) is 0 Å². The fourth-order valence-electron chi connectivity index (χ4n) is 6.63. The lowest BCUT2D eigenvalue weighted by atomic mass is 9.77. The molecule has 1 saturated heterocycles. The number of carbonyl (C=O) groups excluding carboxylic acids is 2. The molecule has 1 aromatic carbocycles. The normalized spacial score (nSPS) is 29.5. The molecule has 5 rings (SSSR count). The Balaban J connectivity index is 0.000000572. The summed E-state index contributed by atoms with van der Waals surface area (Å²) in [6.07, 6.45) is 12.9. The number of nitrogens with one attached hydrogen (secondary N) is 3. The van der Waals surface area contributed by atoms with Gasteiger partial charge in [0.15, 0.2) is 0 Å². The lowest BCUT2D eigenvalue weighted by Gasteiger charge is -2.36. The highest BCUT2D eigenvalue weighted by Gasteiger charge is 2.39. The first-order valence-corrected chi connectivity index (χ1v) is 17.1. The number of benzene rings is 1. The molecule has 2 heterocycles. The van der Waals surface area contributed by atoms with Crippen LogP contribution in [0.2, 0.25) is 0 Å². The molecule has 7 heteroatoms. The Morgan fingerprint density at radius 3 is 2.27 bits per heavy atom. The molecule has 2 amide bonds. The maximum Gasteiger partial charge on any atom is 0.245 e. The molecule has 0 aromatic heterocycles. The average Bonchev–Trinajstić information content (AvgIpc) is 3.64. The van der Waals surface area contributed by atoms with E-state index in [2.05, 4.69) is 78.0 Å². The summed E-state index contributed by atoms with van der Waals surface area (Å²) in [4.78, 5) is 30.1. The summed E-state index contributed by atoms with van der Waals surface area (Å²) < 4.78 is 0. The van der Waals surface area contributed by atoms with Crippen LogP contribution in [0, 0.1) is 17.8 Å². The SMILES string of the molecule is CC1CCC1C.CN[C@@H](C)C(=O)NC(C(=O)N1CCC[C@H]1CNC1SC(C)=CC1c1ccccc1)C1CCCCC1. The maximum atomic E-state index is 13.9. The van der Waals surface area contributed by atoms with E-state index in [1.165, 1.54) is 29.7 Å². The van der Waals surface area contributed by atoms with Gasteiger partial charge in [-0.1, -0.05) is 82.4 Å². The molecule has 2 aliphatic heterocycles. The van der Waals surface area contributed by atoms with Crippen molar-refractivity contribution in [1.82, 2.24) is 20.9 Å². The highest BCUT2D eigenvalue weighted by atomic mass is 32.2. The minimum absolute atomic E-state index is 0.0834. The third-order valence-electron chi connectivity index (χ3n) is 10.0. The van der Waals surface area contributed by atoms with Gasteiger partial charge in [0.05, 0.1) is 11.4 Å². The number of hydrogen-bond donors (Lipinski definition) is 3. The van der Waals surface area contributed by atoms with Crippen molar-refractivity contribution in [2.45, 2.75) is 115 Å².